The summed E-state index contributed by atoms with van der Waals surface area (Å²) in [6, 6.07) is 12.0. The van der Waals surface area contributed by atoms with Gasteiger partial charge in [-0.15, -0.1) is 0 Å². The van der Waals surface area contributed by atoms with E-state index in [1.807, 2.05) is 24.3 Å². The van der Waals surface area contributed by atoms with E-state index in [9.17, 15) is 18.0 Å². The minimum Gasteiger partial charge on any atom is -0.478 e. The van der Waals surface area contributed by atoms with E-state index in [4.69, 9.17) is 9.84 Å². The molecule has 2 aromatic carbocycles. The Balaban J connectivity index is 2.06. The highest BCUT2D eigenvalue weighted by molar-refractivity contribution is 9.10. The number of carboxylic acids is 1. The second kappa shape index (κ2) is 5.98. The van der Waals surface area contributed by atoms with Gasteiger partial charge in [0.25, 0.3) is 0 Å². The highest BCUT2D eigenvalue weighted by atomic mass is 79.9. The van der Waals surface area contributed by atoms with Crippen molar-refractivity contribution in [1.82, 2.24) is 0 Å². The van der Waals surface area contributed by atoms with Gasteiger partial charge in [0.1, 0.15) is 5.75 Å². The molecule has 2 aromatic rings. The molecule has 0 aromatic heterocycles. The molecule has 1 N–H and O–H groups in total. The largest absolute Gasteiger partial charge is 0.478 e. The average Bonchev–Trinajstić information content (AvgIpc) is 2.53. The van der Waals surface area contributed by atoms with Gasteiger partial charge in [-0.2, -0.15) is 13.2 Å². The smallest absolute Gasteiger partial charge is 0.430 e. The van der Waals surface area contributed by atoms with E-state index in [-0.39, 0.29) is 5.75 Å². The highest BCUT2D eigenvalue weighted by Gasteiger charge is 2.48. The van der Waals surface area contributed by atoms with Crippen LogP contribution in [0.25, 0.3) is 17.2 Å². The van der Waals surface area contributed by atoms with Crippen molar-refractivity contribution >= 4 is 28.0 Å². The Kier molecular flexibility index (Phi) is 4.13. The summed E-state index contributed by atoms with van der Waals surface area (Å²) in [6.45, 7) is 0. The third-order valence-electron chi connectivity index (χ3n) is 3.57. The van der Waals surface area contributed by atoms with Gasteiger partial charge in [-0.3, -0.25) is 0 Å². The first-order chi connectivity index (χ1) is 11.3. The van der Waals surface area contributed by atoms with Gasteiger partial charge in [-0.1, -0.05) is 34.1 Å². The van der Waals surface area contributed by atoms with Gasteiger partial charge in [0.05, 0.1) is 5.57 Å². The lowest BCUT2D eigenvalue weighted by Crippen LogP contribution is -2.40. The monoisotopic (exact) mass is 398 g/mol. The first-order valence-electron chi connectivity index (χ1n) is 6.84. The molecule has 0 radical (unpaired) electrons. The van der Waals surface area contributed by atoms with Gasteiger partial charge in [0.2, 0.25) is 6.10 Å². The second-order valence-electron chi connectivity index (χ2n) is 5.20. The van der Waals surface area contributed by atoms with Crippen LogP contribution in [-0.4, -0.2) is 23.4 Å². The molecule has 0 amide bonds. The molecule has 3 rings (SSSR count). The zero-order valence-electron chi connectivity index (χ0n) is 12.0. The molecule has 0 saturated heterocycles. The summed E-state index contributed by atoms with van der Waals surface area (Å²) in [5.74, 6) is -1.65. The molecule has 0 saturated carbocycles. The Hall–Kier alpha value is -2.28. The van der Waals surface area contributed by atoms with Crippen LogP contribution in [0.15, 0.2) is 52.5 Å². The quantitative estimate of drug-likeness (QED) is 0.781. The fourth-order valence-corrected chi connectivity index (χ4v) is 2.71. The molecule has 0 aliphatic carbocycles. The number of carboxylic acid groups (broad SMARTS) is 1. The molecule has 7 heteroatoms. The second-order valence-corrected chi connectivity index (χ2v) is 6.12. The average molecular weight is 399 g/mol. The maximum atomic E-state index is 13.0. The number of hydrogen-bond acceptors (Lipinski definition) is 2. The Bertz CT molecular complexity index is 826. The van der Waals surface area contributed by atoms with Crippen LogP contribution >= 0.6 is 15.9 Å². The summed E-state index contributed by atoms with van der Waals surface area (Å²) in [7, 11) is 0. The molecule has 3 nitrogen and oxygen atoms in total. The van der Waals surface area contributed by atoms with Crippen molar-refractivity contribution in [2.24, 2.45) is 0 Å². The molecule has 1 unspecified atom stereocenters. The molecular weight excluding hydrogens is 389 g/mol. The van der Waals surface area contributed by atoms with E-state index < -0.39 is 23.8 Å². The van der Waals surface area contributed by atoms with Crippen molar-refractivity contribution in [2.45, 2.75) is 12.3 Å². The number of ether oxygens (including phenoxy) is 1. The normalized spacial score (nSPS) is 16.8. The third kappa shape index (κ3) is 3.17. The minimum atomic E-state index is -4.80. The van der Waals surface area contributed by atoms with Crippen molar-refractivity contribution in [2.75, 3.05) is 0 Å². The van der Waals surface area contributed by atoms with Crippen LogP contribution in [0.1, 0.15) is 5.56 Å². The van der Waals surface area contributed by atoms with Gasteiger partial charge in [0.15, 0.2) is 0 Å². The lowest BCUT2D eigenvalue weighted by atomic mass is 9.97. The van der Waals surface area contributed by atoms with Crippen LogP contribution in [0.3, 0.4) is 0 Å². The fourth-order valence-electron chi connectivity index (χ4n) is 2.44. The standard InChI is InChI=1S/C17H10BrF3O3/c18-12-4-1-9(2-5-12)10-3-6-14-11(7-10)8-13(16(22)23)15(24-14)17(19,20)21/h1-8,15H,(H,22,23). The Morgan fingerprint density at radius 1 is 1.08 bits per heavy atom. The molecule has 1 aliphatic rings. The number of rotatable bonds is 2. The predicted molar refractivity (Wildman–Crippen MR) is 85.7 cm³/mol. The van der Waals surface area contributed by atoms with Crippen molar-refractivity contribution in [3.8, 4) is 16.9 Å². The van der Waals surface area contributed by atoms with E-state index in [1.165, 1.54) is 6.07 Å². The summed E-state index contributed by atoms with van der Waals surface area (Å²) in [5.41, 5.74) is 1.07. The van der Waals surface area contributed by atoms with E-state index in [2.05, 4.69) is 15.9 Å². The molecular formula is C17H10BrF3O3. The number of aliphatic carboxylic acids is 1. The first-order valence-corrected chi connectivity index (χ1v) is 7.63. The topological polar surface area (TPSA) is 46.5 Å². The van der Waals surface area contributed by atoms with Crippen molar-refractivity contribution < 1.29 is 27.8 Å². The zero-order valence-corrected chi connectivity index (χ0v) is 13.6. The molecule has 124 valence electrons. The van der Waals surface area contributed by atoms with Gasteiger partial charge in [-0.05, 0) is 41.5 Å². The number of alkyl halides is 3. The minimum absolute atomic E-state index is 0.00295. The van der Waals surface area contributed by atoms with Crippen molar-refractivity contribution in [3.63, 3.8) is 0 Å². The van der Waals surface area contributed by atoms with E-state index in [0.717, 1.165) is 21.7 Å². The number of hydrogen-bond donors (Lipinski definition) is 1. The molecule has 1 heterocycles. The fraction of sp³-hybridized carbons (Fsp3) is 0.118. The molecule has 0 spiro atoms. The number of benzene rings is 2. The Morgan fingerprint density at radius 3 is 2.29 bits per heavy atom. The Labute approximate surface area is 143 Å². The predicted octanol–water partition coefficient (Wildman–Crippen LogP) is 4.91. The van der Waals surface area contributed by atoms with Crippen LogP contribution in [0.5, 0.6) is 5.75 Å². The summed E-state index contributed by atoms with van der Waals surface area (Å²) in [4.78, 5) is 11.2. The molecule has 0 fully saturated rings. The van der Waals surface area contributed by atoms with Gasteiger partial charge in [-0.25, -0.2) is 4.79 Å². The lowest BCUT2D eigenvalue weighted by molar-refractivity contribution is -0.187. The van der Waals surface area contributed by atoms with Crippen LogP contribution in [0.2, 0.25) is 0 Å². The van der Waals surface area contributed by atoms with E-state index in [1.54, 1.807) is 12.1 Å². The molecule has 24 heavy (non-hydrogen) atoms. The van der Waals surface area contributed by atoms with Crippen molar-refractivity contribution in [1.29, 1.82) is 0 Å². The van der Waals surface area contributed by atoms with Gasteiger partial charge in [0, 0.05) is 10.0 Å². The zero-order chi connectivity index (χ0) is 17.5. The SMILES string of the molecule is O=C(O)C1=Cc2cc(-c3ccc(Br)cc3)ccc2OC1C(F)(F)F. The third-order valence-corrected chi connectivity index (χ3v) is 4.10. The van der Waals surface area contributed by atoms with Gasteiger partial charge >= 0.3 is 12.1 Å². The summed E-state index contributed by atoms with van der Waals surface area (Å²) in [5, 5.41) is 9.06. The number of fused-ring (bicyclic) bond motifs is 1. The summed E-state index contributed by atoms with van der Waals surface area (Å²) in [6.07, 6.45) is -6.26. The molecule has 0 bridgehead atoms. The summed E-state index contributed by atoms with van der Waals surface area (Å²) >= 11 is 3.33. The Morgan fingerprint density at radius 2 is 1.71 bits per heavy atom. The summed E-state index contributed by atoms with van der Waals surface area (Å²) < 4.78 is 44.8. The molecule has 1 atom stereocenters. The van der Waals surface area contributed by atoms with E-state index >= 15 is 0 Å². The maximum absolute atomic E-state index is 13.0. The van der Waals surface area contributed by atoms with Crippen LogP contribution in [0, 0.1) is 0 Å². The number of carbonyl (C=O) groups is 1. The van der Waals surface area contributed by atoms with Crippen LogP contribution in [0.4, 0.5) is 13.2 Å². The molecule has 1 aliphatic heterocycles. The van der Waals surface area contributed by atoms with Gasteiger partial charge < -0.3 is 9.84 Å². The van der Waals surface area contributed by atoms with Crippen molar-refractivity contribution in [3.05, 3.63) is 58.1 Å². The van der Waals surface area contributed by atoms with E-state index in [0.29, 0.717) is 5.56 Å². The lowest BCUT2D eigenvalue weighted by Gasteiger charge is -2.27. The maximum Gasteiger partial charge on any atom is 0.430 e. The van der Waals surface area contributed by atoms with Crippen LogP contribution in [-0.2, 0) is 4.79 Å². The number of halogens is 4. The van der Waals surface area contributed by atoms with Crippen LogP contribution < -0.4 is 4.74 Å². The highest BCUT2D eigenvalue weighted by Crippen LogP contribution is 2.38. The first kappa shape index (κ1) is 16.6.